The van der Waals surface area contributed by atoms with E-state index in [2.05, 4.69) is 5.32 Å². The van der Waals surface area contributed by atoms with Crippen molar-refractivity contribution in [3.05, 3.63) is 35.1 Å². The molecule has 0 saturated carbocycles. The Labute approximate surface area is 100.0 Å². The first-order valence-corrected chi connectivity index (χ1v) is 5.59. The number of hydrogen-bond donors (Lipinski definition) is 1. The van der Waals surface area contributed by atoms with E-state index in [1.807, 2.05) is 20.8 Å². The summed E-state index contributed by atoms with van der Waals surface area (Å²) in [4.78, 5) is 11.3. The monoisotopic (exact) mass is 237 g/mol. The second-order valence-corrected chi connectivity index (χ2v) is 5.17. The molecule has 1 fully saturated rings. The smallest absolute Gasteiger partial charge is 0.407 e. The number of cyclic esters (lactones) is 1. The van der Waals surface area contributed by atoms with Crippen molar-refractivity contribution in [2.24, 2.45) is 5.41 Å². The van der Waals surface area contributed by atoms with Crippen molar-refractivity contribution in [1.82, 2.24) is 5.32 Å². The average molecular weight is 237 g/mol. The van der Waals surface area contributed by atoms with Crippen molar-refractivity contribution in [3.8, 4) is 0 Å². The van der Waals surface area contributed by atoms with Crippen LogP contribution in [0, 0.1) is 18.2 Å². The Hall–Kier alpha value is -1.58. The highest BCUT2D eigenvalue weighted by Crippen LogP contribution is 2.37. The van der Waals surface area contributed by atoms with E-state index < -0.39 is 6.09 Å². The summed E-state index contributed by atoms with van der Waals surface area (Å²) in [6.07, 6.45) is -0.491. The number of rotatable bonds is 1. The topological polar surface area (TPSA) is 38.3 Å². The van der Waals surface area contributed by atoms with Gasteiger partial charge in [0.25, 0.3) is 0 Å². The van der Waals surface area contributed by atoms with Crippen molar-refractivity contribution in [3.63, 3.8) is 0 Å². The van der Waals surface area contributed by atoms with Crippen molar-refractivity contribution >= 4 is 6.09 Å². The fourth-order valence-corrected chi connectivity index (χ4v) is 2.07. The molecule has 1 saturated heterocycles. The van der Waals surface area contributed by atoms with E-state index in [9.17, 15) is 9.18 Å². The van der Waals surface area contributed by atoms with Gasteiger partial charge in [-0.3, -0.25) is 0 Å². The van der Waals surface area contributed by atoms with Crippen LogP contribution in [0.3, 0.4) is 0 Å². The quantitative estimate of drug-likeness (QED) is 0.815. The number of carbonyl (C=O) groups is 1. The highest BCUT2D eigenvalue weighted by molar-refractivity contribution is 5.69. The number of benzene rings is 1. The molecule has 0 aliphatic carbocycles. The van der Waals surface area contributed by atoms with Gasteiger partial charge < -0.3 is 10.1 Å². The number of ether oxygens (including phenoxy) is 1. The van der Waals surface area contributed by atoms with Gasteiger partial charge in [-0.25, -0.2) is 9.18 Å². The van der Waals surface area contributed by atoms with E-state index in [-0.39, 0.29) is 23.9 Å². The third-order valence-electron chi connectivity index (χ3n) is 3.08. The predicted molar refractivity (Wildman–Crippen MR) is 62.1 cm³/mol. The lowest BCUT2D eigenvalue weighted by Crippen LogP contribution is -2.47. The van der Waals surface area contributed by atoms with Crippen LogP contribution in [-0.4, -0.2) is 12.7 Å². The lowest BCUT2D eigenvalue weighted by Gasteiger charge is -2.38. The molecule has 92 valence electrons. The molecule has 0 bridgehead atoms. The minimum Gasteiger partial charge on any atom is -0.449 e. The van der Waals surface area contributed by atoms with Gasteiger partial charge in [-0.05, 0) is 13.0 Å². The van der Waals surface area contributed by atoms with Crippen LogP contribution < -0.4 is 5.32 Å². The summed E-state index contributed by atoms with van der Waals surface area (Å²) in [5.41, 5.74) is 1.16. The maximum absolute atomic E-state index is 13.8. The van der Waals surface area contributed by atoms with Gasteiger partial charge in [0, 0.05) is 11.0 Å². The maximum Gasteiger partial charge on any atom is 0.407 e. The molecular weight excluding hydrogens is 221 g/mol. The fraction of sp³-hybridized carbons (Fsp3) is 0.462. The molecule has 2 rings (SSSR count). The van der Waals surface area contributed by atoms with Crippen LogP contribution in [0.1, 0.15) is 31.0 Å². The van der Waals surface area contributed by atoms with Crippen LogP contribution in [-0.2, 0) is 4.74 Å². The van der Waals surface area contributed by atoms with Crippen LogP contribution >= 0.6 is 0 Å². The summed E-state index contributed by atoms with van der Waals surface area (Å²) >= 11 is 0. The molecule has 1 aromatic rings. The molecule has 1 aromatic carbocycles. The normalized spacial score (nSPS) is 22.8. The van der Waals surface area contributed by atoms with Crippen molar-refractivity contribution < 1.29 is 13.9 Å². The number of aryl methyl sites for hydroxylation is 1. The van der Waals surface area contributed by atoms with Crippen molar-refractivity contribution in [2.45, 2.75) is 26.8 Å². The molecule has 3 nitrogen and oxygen atoms in total. The highest BCUT2D eigenvalue weighted by atomic mass is 19.1. The van der Waals surface area contributed by atoms with Gasteiger partial charge >= 0.3 is 6.09 Å². The minimum atomic E-state index is -0.491. The Bertz CT molecular complexity index is 457. The number of amides is 1. The zero-order chi connectivity index (χ0) is 12.6. The van der Waals surface area contributed by atoms with Gasteiger partial charge in [0.1, 0.15) is 12.4 Å². The van der Waals surface area contributed by atoms with E-state index in [0.717, 1.165) is 5.56 Å². The first-order valence-electron chi connectivity index (χ1n) is 5.59. The molecule has 0 spiro atoms. The SMILES string of the molecule is Cc1ccc(F)c([C@@H]2NC(=O)OCC2(C)C)c1. The molecule has 0 aromatic heterocycles. The first kappa shape index (κ1) is 11.9. The van der Waals surface area contributed by atoms with E-state index in [0.29, 0.717) is 5.56 Å². The van der Waals surface area contributed by atoms with Crippen LogP contribution in [0.25, 0.3) is 0 Å². The van der Waals surface area contributed by atoms with Gasteiger partial charge in [0.15, 0.2) is 0 Å². The number of halogens is 1. The lowest BCUT2D eigenvalue weighted by atomic mass is 9.80. The number of hydrogen-bond acceptors (Lipinski definition) is 2. The molecule has 0 unspecified atom stereocenters. The Kier molecular flexibility index (Phi) is 2.81. The average Bonchev–Trinajstić information content (AvgIpc) is 2.26. The van der Waals surface area contributed by atoms with Gasteiger partial charge in [-0.2, -0.15) is 0 Å². The maximum atomic E-state index is 13.8. The van der Waals surface area contributed by atoms with E-state index in [4.69, 9.17) is 4.74 Å². The van der Waals surface area contributed by atoms with E-state index in [1.54, 1.807) is 12.1 Å². The summed E-state index contributed by atoms with van der Waals surface area (Å²) in [6, 6.07) is 4.56. The first-order chi connectivity index (χ1) is 7.90. The van der Waals surface area contributed by atoms with Crippen LogP contribution in [0.4, 0.5) is 9.18 Å². The summed E-state index contributed by atoms with van der Waals surface area (Å²) in [7, 11) is 0. The van der Waals surface area contributed by atoms with Crippen LogP contribution in [0.2, 0.25) is 0 Å². The van der Waals surface area contributed by atoms with Gasteiger partial charge in [0.05, 0.1) is 6.04 Å². The molecule has 0 radical (unpaired) electrons. The molecule has 4 heteroatoms. The zero-order valence-corrected chi connectivity index (χ0v) is 10.2. The molecule has 1 aliphatic heterocycles. The third-order valence-corrected chi connectivity index (χ3v) is 3.08. The standard InChI is InChI=1S/C13H16FNO2/c1-8-4-5-10(14)9(6-8)11-13(2,3)7-17-12(16)15-11/h4-6,11H,7H2,1-3H3,(H,15,16)/t11-/m0/s1. The van der Waals surface area contributed by atoms with Gasteiger partial charge in [-0.1, -0.05) is 31.5 Å². The van der Waals surface area contributed by atoms with Crippen molar-refractivity contribution in [2.75, 3.05) is 6.61 Å². The van der Waals surface area contributed by atoms with E-state index >= 15 is 0 Å². The Balaban J connectivity index is 2.42. The Morgan fingerprint density at radius 2 is 2.18 bits per heavy atom. The Morgan fingerprint density at radius 3 is 2.88 bits per heavy atom. The molecule has 1 heterocycles. The third kappa shape index (κ3) is 2.25. The zero-order valence-electron chi connectivity index (χ0n) is 10.2. The molecule has 1 amide bonds. The summed E-state index contributed by atoms with van der Waals surface area (Å²) < 4.78 is 18.8. The van der Waals surface area contributed by atoms with Crippen molar-refractivity contribution in [1.29, 1.82) is 0 Å². The van der Waals surface area contributed by atoms with Gasteiger partial charge in [-0.15, -0.1) is 0 Å². The second-order valence-electron chi connectivity index (χ2n) is 5.17. The largest absolute Gasteiger partial charge is 0.449 e. The highest BCUT2D eigenvalue weighted by Gasteiger charge is 2.39. The number of nitrogens with one attached hydrogen (secondary N) is 1. The second kappa shape index (κ2) is 4.02. The van der Waals surface area contributed by atoms with Gasteiger partial charge in [0.2, 0.25) is 0 Å². The fourth-order valence-electron chi connectivity index (χ4n) is 2.07. The molecule has 1 aliphatic rings. The lowest BCUT2D eigenvalue weighted by molar-refractivity contribution is 0.0377. The molecule has 1 atom stereocenters. The van der Waals surface area contributed by atoms with Crippen LogP contribution in [0.15, 0.2) is 18.2 Å². The molecule has 1 N–H and O–H groups in total. The Morgan fingerprint density at radius 1 is 1.47 bits per heavy atom. The molecule has 17 heavy (non-hydrogen) atoms. The minimum absolute atomic E-state index is 0.289. The summed E-state index contributed by atoms with van der Waals surface area (Å²) in [5, 5.41) is 2.69. The predicted octanol–water partition coefficient (Wildman–Crippen LogP) is 2.94. The summed E-state index contributed by atoms with van der Waals surface area (Å²) in [6.45, 7) is 6.08. The molecular formula is C13H16FNO2. The summed E-state index contributed by atoms with van der Waals surface area (Å²) in [5.74, 6) is -0.295. The number of carbonyl (C=O) groups excluding carboxylic acids is 1. The number of alkyl carbamates (subject to hydrolysis) is 1. The van der Waals surface area contributed by atoms with E-state index in [1.165, 1.54) is 6.07 Å². The van der Waals surface area contributed by atoms with Crippen LogP contribution in [0.5, 0.6) is 0 Å².